The van der Waals surface area contributed by atoms with Crippen molar-refractivity contribution in [1.29, 1.82) is 0 Å². The third kappa shape index (κ3) is 4.45. The molecular weight excluding hydrogens is 424 g/mol. The highest BCUT2D eigenvalue weighted by atomic mass is 32.2. The Morgan fingerprint density at radius 3 is 2.62 bits per heavy atom. The minimum absolute atomic E-state index is 0.183. The van der Waals surface area contributed by atoms with Gasteiger partial charge in [0.2, 0.25) is 5.89 Å². The van der Waals surface area contributed by atoms with Gasteiger partial charge in [-0.3, -0.25) is 0 Å². The molecule has 32 heavy (non-hydrogen) atoms. The molecule has 8 heteroatoms. The van der Waals surface area contributed by atoms with Gasteiger partial charge in [0.1, 0.15) is 11.6 Å². The number of esters is 1. The van der Waals surface area contributed by atoms with Crippen molar-refractivity contribution in [3.63, 3.8) is 0 Å². The predicted molar refractivity (Wildman–Crippen MR) is 125 cm³/mol. The van der Waals surface area contributed by atoms with Crippen LogP contribution in [0.2, 0.25) is 0 Å². The van der Waals surface area contributed by atoms with Gasteiger partial charge >= 0.3 is 5.97 Å². The molecule has 0 atom stereocenters. The Morgan fingerprint density at radius 2 is 1.88 bits per heavy atom. The van der Waals surface area contributed by atoms with Gasteiger partial charge in [0, 0.05) is 11.6 Å². The van der Waals surface area contributed by atoms with E-state index in [4.69, 9.17) is 9.15 Å². The summed E-state index contributed by atoms with van der Waals surface area (Å²) in [6.07, 6.45) is 1.86. The molecule has 2 heterocycles. The molecule has 164 valence electrons. The second-order valence-electron chi connectivity index (χ2n) is 7.66. The van der Waals surface area contributed by atoms with Crippen LogP contribution in [-0.4, -0.2) is 38.1 Å². The molecule has 2 aromatic carbocycles. The van der Waals surface area contributed by atoms with Gasteiger partial charge in [-0.25, -0.2) is 9.48 Å². The second-order valence-corrected chi connectivity index (χ2v) is 8.47. The Kier molecular flexibility index (Phi) is 6.41. The van der Waals surface area contributed by atoms with Gasteiger partial charge in [0.25, 0.3) is 5.89 Å². The van der Waals surface area contributed by atoms with E-state index in [-0.39, 0.29) is 23.4 Å². The lowest BCUT2D eigenvalue weighted by molar-refractivity contribution is 0.0572. The second kappa shape index (κ2) is 9.40. The lowest BCUT2D eigenvalue weighted by atomic mass is 10.0. The Hall–Kier alpha value is -3.39. The van der Waals surface area contributed by atoms with Crippen molar-refractivity contribution in [2.24, 2.45) is 0 Å². The molecule has 0 bridgehead atoms. The maximum absolute atomic E-state index is 12.5. The van der Waals surface area contributed by atoms with E-state index in [0.29, 0.717) is 11.6 Å². The average Bonchev–Trinajstić information content (AvgIpc) is 3.45. The average molecular weight is 449 g/mol. The van der Waals surface area contributed by atoms with Gasteiger partial charge in [0.15, 0.2) is 5.69 Å². The van der Waals surface area contributed by atoms with E-state index in [9.17, 15) is 4.79 Å². The summed E-state index contributed by atoms with van der Waals surface area (Å²) in [6.45, 7) is 6.22. The van der Waals surface area contributed by atoms with Gasteiger partial charge in [-0.05, 0) is 42.9 Å². The summed E-state index contributed by atoms with van der Waals surface area (Å²) >= 11 is 1.42. The molecular formula is C24H24N4O3S. The maximum atomic E-state index is 12.5. The van der Waals surface area contributed by atoms with Crippen molar-refractivity contribution < 1.29 is 13.9 Å². The van der Waals surface area contributed by atoms with E-state index in [1.54, 1.807) is 10.7 Å². The fraction of sp³-hybridized carbons (Fsp3) is 0.250. The fourth-order valence-electron chi connectivity index (χ4n) is 3.39. The highest BCUT2D eigenvalue weighted by Gasteiger charge is 2.23. The SMILES string of the molecule is CSCOC(=O)c1cc(-c2nnc(-c3cccc(C)c3)o2)n(-c2ccccc2C(C)C)n1. The summed E-state index contributed by atoms with van der Waals surface area (Å²) < 4.78 is 13.0. The van der Waals surface area contributed by atoms with Gasteiger partial charge in [-0.1, -0.05) is 49.7 Å². The lowest BCUT2D eigenvalue weighted by Crippen LogP contribution is -2.08. The number of para-hydroxylation sites is 1. The van der Waals surface area contributed by atoms with Gasteiger partial charge in [0.05, 0.1) is 5.69 Å². The highest BCUT2D eigenvalue weighted by Crippen LogP contribution is 2.30. The molecule has 0 aliphatic heterocycles. The number of thioether (sulfide) groups is 1. The lowest BCUT2D eigenvalue weighted by Gasteiger charge is -2.13. The molecule has 7 nitrogen and oxygen atoms in total. The molecule has 0 aliphatic carbocycles. The summed E-state index contributed by atoms with van der Waals surface area (Å²) in [6, 6.07) is 17.4. The summed E-state index contributed by atoms with van der Waals surface area (Å²) in [4.78, 5) is 12.5. The van der Waals surface area contributed by atoms with Crippen molar-refractivity contribution >= 4 is 17.7 Å². The third-order valence-electron chi connectivity index (χ3n) is 4.92. The number of hydrogen-bond acceptors (Lipinski definition) is 7. The Morgan fingerprint density at radius 1 is 1.09 bits per heavy atom. The number of hydrogen-bond donors (Lipinski definition) is 0. The van der Waals surface area contributed by atoms with Crippen molar-refractivity contribution in [1.82, 2.24) is 20.0 Å². The molecule has 0 spiro atoms. The highest BCUT2D eigenvalue weighted by molar-refractivity contribution is 7.98. The molecule has 0 unspecified atom stereocenters. The van der Waals surface area contributed by atoms with Crippen molar-refractivity contribution in [3.05, 3.63) is 71.4 Å². The minimum Gasteiger partial charge on any atom is -0.450 e. The van der Waals surface area contributed by atoms with E-state index < -0.39 is 5.97 Å². The molecule has 4 rings (SSSR count). The number of ether oxygens (including phenoxy) is 1. The van der Waals surface area contributed by atoms with E-state index in [2.05, 4.69) is 29.1 Å². The maximum Gasteiger partial charge on any atom is 0.359 e. The van der Waals surface area contributed by atoms with Gasteiger partial charge in [-0.15, -0.1) is 22.0 Å². The zero-order valence-corrected chi connectivity index (χ0v) is 19.2. The molecule has 0 saturated carbocycles. The first-order valence-electron chi connectivity index (χ1n) is 10.2. The number of aromatic nitrogens is 4. The quantitative estimate of drug-likeness (QED) is 0.273. The number of benzene rings is 2. The molecule has 2 aromatic heterocycles. The Balaban J connectivity index is 1.83. The molecule has 0 aliphatic rings. The number of nitrogens with zero attached hydrogens (tertiary/aromatic N) is 4. The zero-order valence-electron chi connectivity index (χ0n) is 18.4. The van der Waals surface area contributed by atoms with Crippen molar-refractivity contribution in [2.75, 3.05) is 12.2 Å². The first-order chi connectivity index (χ1) is 15.5. The van der Waals surface area contributed by atoms with E-state index in [1.165, 1.54) is 11.8 Å². The minimum atomic E-state index is -0.500. The van der Waals surface area contributed by atoms with E-state index in [1.807, 2.05) is 61.7 Å². The smallest absolute Gasteiger partial charge is 0.359 e. The first-order valence-corrected chi connectivity index (χ1v) is 11.6. The zero-order chi connectivity index (χ0) is 22.7. The molecule has 0 fully saturated rings. The van der Waals surface area contributed by atoms with Gasteiger partial charge < -0.3 is 9.15 Å². The number of aryl methyl sites for hydroxylation is 1. The third-order valence-corrected chi connectivity index (χ3v) is 5.28. The summed E-state index contributed by atoms with van der Waals surface area (Å²) in [5.41, 5.74) is 4.56. The van der Waals surface area contributed by atoms with Crippen LogP contribution in [0.5, 0.6) is 0 Å². The van der Waals surface area contributed by atoms with Gasteiger partial charge in [-0.2, -0.15) is 5.10 Å². The van der Waals surface area contributed by atoms with Crippen LogP contribution in [0.3, 0.4) is 0 Å². The van der Waals surface area contributed by atoms with Crippen LogP contribution in [0.4, 0.5) is 0 Å². The molecule has 0 amide bonds. The van der Waals surface area contributed by atoms with Crippen molar-refractivity contribution in [3.8, 4) is 28.7 Å². The molecule has 0 radical (unpaired) electrons. The number of rotatable bonds is 7. The normalized spacial score (nSPS) is 11.2. The predicted octanol–water partition coefficient (Wildman–Crippen LogP) is 5.50. The number of carbonyl (C=O) groups is 1. The van der Waals surface area contributed by atoms with Crippen LogP contribution in [0.15, 0.2) is 59.0 Å². The van der Waals surface area contributed by atoms with Crippen LogP contribution >= 0.6 is 11.8 Å². The van der Waals surface area contributed by atoms with Crippen LogP contribution in [0.25, 0.3) is 28.7 Å². The summed E-state index contributed by atoms with van der Waals surface area (Å²) in [5, 5.41) is 13.0. The van der Waals surface area contributed by atoms with Crippen LogP contribution in [0, 0.1) is 6.92 Å². The van der Waals surface area contributed by atoms with Crippen LogP contribution in [-0.2, 0) is 4.74 Å². The largest absolute Gasteiger partial charge is 0.450 e. The van der Waals surface area contributed by atoms with Crippen LogP contribution < -0.4 is 0 Å². The summed E-state index contributed by atoms with van der Waals surface area (Å²) in [5.74, 6) is 0.680. The standard InChI is InChI=1S/C24H24N4O3S/c1-15(2)18-10-5-6-11-20(18)28-21(13-19(27-28)24(29)30-14-32-4)23-26-25-22(31-23)17-9-7-8-16(3)12-17/h5-13,15H,14H2,1-4H3. The summed E-state index contributed by atoms with van der Waals surface area (Å²) in [7, 11) is 0. The fourth-order valence-corrected chi connectivity index (χ4v) is 3.62. The Bertz CT molecular complexity index is 1250. The first kappa shape index (κ1) is 21.8. The molecule has 4 aromatic rings. The topological polar surface area (TPSA) is 83.0 Å². The monoisotopic (exact) mass is 448 g/mol. The van der Waals surface area contributed by atoms with Crippen LogP contribution in [0.1, 0.15) is 41.4 Å². The molecule has 0 N–H and O–H groups in total. The van der Waals surface area contributed by atoms with Crippen molar-refractivity contribution in [2.45, 2.75) is 26.7 Å². The van der Waals surface area contributed by atoms with E-state index in [0.717, 1.165) is 22.4 Å². The number of carbonyl (C=O) groups excluding carboxylic acids is 1. The Labute approximate surface area is 190 Å². The van der Waals surface area contributed by atoms with E-state index >= 15 is 0 Å². The molecule has 0 saturated heterocycles.